The summed E-state index contributed by atoms with van der Waals surface area (Å²) in [4.78, 5) is 29.4. The molecule has 0 aliphatic rings. The maximum Gasteiger partial charge on any atom is 0.255 e. The predicted octanol–water partition coefficient (Wildman–Crippen LogP) is 3.86. The first-order chi connectivity index (χ1) is 13.3. The van der Waals surface area contributed by atoms with Gasteiger partial charge in [-0.15, -0.1) is 0 Å². The highest BCUT2D eigenvalue weighted by Crippen LogP contribution is 2.18. The highest BCUT2D eigenvalue weighted by Gasteiger charge is 2.12. The van der Waals surface area contributed by atoms with Crippen LogP contribution in [-0.4, -0.2) is 15.5 Å². The van der Waals surface area contributed by atoms with Crippen LogP contribution in [0.15, 0.2) is 53.3 Å². The number of carbonyl (C=O) groups excluding carboxylic acids is 1. The van der Waals surface area contributed by atoms with E-state index in [1.54, 1.807) is 6.92 Å². The molecule has 0 radical (unpaired) electrons. The molecule has 0 aliphatic heterocycles. The predicted molar refractivity (Wildman–Crippen MR) is 112 cm³/mol. The molecule has 2 aromatic carbocycles. The Labute approximate surface area is 164 Å². The van der Waals surface area contributed by atoms with Gasteiger partial charge in [0.25, 0.3) is 5.56 Å². The quantitative estimate of drug-likeness (QED) is 0.709. The Kier molecular flexibility index (Phi) is 5.59. The van der Waals surface area contributed by atoms with Crippen LogP contribution in [0.2, 0.25) is 0 Å². The van der Waals surface area contributed by atoms with Gasteiger partial charge < -0.3 is 10.6 Å². The normalized spacial score (nSPS) is 10.6. The zero-order chi connectivity index (χ0) is 20.3. The monoisotopic (exact) mass is 376 g/mol. The summed E-state index contributed by atoms with van der Waals surface area (Å²) in [5.41, 5.74) is 5.12. The standard InChI is InChI=1S/C22H24N4O2/c1-14-5-7-18(8-6-14)24-20(27)13-26-21(28)12-17(4)23-22(26)25-19-10-15(2)9-16(3)11-19/h5-12H,13H2,1-4H3,(H,23,25)(H,24,27). The van der Waals surface area contributed by atoms with Crippen molar-refractivity contribution in [3.05, 3.63) is 81.3 Å². The van der Waals surface area contributed by atoms with Crippen molar-refractivity contribution in [3.8, 4) is 0 Å². The van der Waals surface area contributed by atoms with Crippen LogP contribution >= 0.6 is 0 Å². The lowest BCUT2D eigenvalue weighted by Gasteiger charge is -2.15. The zero-order valence-electron chi connectivity index (χ0n) is 16.5. The summed E-state index contributed by atoms with van der Waals surface area (Å²) in [7, 11) is 0. The lowest BCUT2D eigenvalue weighted by molar-refractivity contribution is -0.116. The van der Waals surface area contributed by atoms with E-state index < -0.39 is 0 Å². The largest absolute Gasteiger partial charge is 0.325 e. The number of hydrogen-bond donors (Lipinski definition) is 2. The number of anilines is 3. The number of nitrogens with one attached hydrogen (secondary N) is 2. The van der Waals surface area contributed by atoms with Gasteiger partial charge >= 0.3 is 0 Å². The van der Waals surface area contributed by atoms with Crippen LogP contribution in [0, 0.1) is 27.7 Å². The first-order valence-electron chi connectivity index (χ1n) is 9.10. The molecule has 0 atom stereocenters. The van der Waals surface area contributed by atoms with Gasteiger partial charge in [-0.25, -0.2) is 4.98 Å². The number of benzene rings is 2. The summed E-state index contributed by atoms with van der Waals surface area (Å²) < 4.78 is 1.34. The van der Waals surface area contributed by atoms with E-state index >= 15 is 0 Å². The van der Waals surface area contributed by atoms with E-state index in [4.69, 9.17) is 0 Å². The third kappa shape index (κ3) is 4.85. The van der Waals surface area contributed by atoms with Crippen LogP contribution in [0.4, 0.5) is 17.3 Å². The fourth-order valence-corrected chi connectivity index (χ4v) is 3.03. The van der Waals surface area contributed by atoms with Gasteiger partial charge in [0.05, 0.1) is 0 Å². The molecule has 28 heavy (non-hydrogen) atoms. The van der Waals surface area contributed by atoms with Crippen molar-refractivity contribution < 1.29 is 4.79 Å². The van der Waals surface area contributed by atoms with E-state index in [0.29, 0.717) is 17.3 Å². The van der Waals surface area contributed by atoms with Gasteiger partial charge in [-0.05, 0) is 63.1 Å². The number of hydrogen-bond acceptors (Lipinski definition) is 4. The molecule has 1 aromatic heterocycles. The fourth-order valence-electron chi connectivity index (χ4n) is 3.03. The molecular formula is C22H24N4O2. The topological polar surface area (TPSA) is 76.0 Å². The molecule has 6 nitrogen and oxygen atoms in total. The number of amides is 1. The first kappa shape index (κ1) is 19.4. The minimum atomic E-state index is -0.292. The molecule has 0 spiro atoms. The second kappa shape index (κ2) is 8.08. The summed E-state index contributed by atoms with van der Waals surface area (Å²) in [6, 6.07) is 14.9. The average Bonchev–Trinajstić information content (AvgIpc) is 2.59. The molecule has 1 heterocycles. The van der Waals surface area contributed by atoms with Crippen LogP contribution in [-0.2, 0) is 11.3 Å². The van der Waals surface area contributed by atoms with Crippen LogP contribution in [0.5, 0.6) is 0 Å². The summed E-state index contributed by atoms with van der Waals surface area (Å²) in [5, 5.41) is 6.00. The van der Waals surface area contributed by atoms with Gasteiger partial charge in [-0.1, -0.05) is 23.8 Å². The van der Waals surface area contributed by atoms with Crippen molar-refractivity contribution in [3.63, 3.8) is 0 Å². The van der Waals surface area contributed by atoms with E-state index in [2.05, 4.69) is 21.7 Å². The van der Waals surface area contributed by atoms with Crippen molar-refractivity contribution in [2.45, 2.75) is 34.2 Å². The average molecular weight is 376 g/mol. The highest BCUT2D eigenvalue weighted by atomic mass is 16.2. The molecule has 144 valence electrons. The lowest BCUT2D eigenvalue weighted by Crippen LogP contribution is -2.30. The number of aryl methyl sites for hydroxylation is 4. The SMILES string of the molecule is Cc1ccc(NC(=O)Cn2c(Nc3cc(C)cc(C)c3)nc(C)cc2=O)cc1. The highest BCUT2D eigenvalue weighted by molar-refractivity contribution is 5.90. The maximum atomic E-state index is 12.5. The Hall–Kier alpha value is -3.41. The molecular weight excluding hydrogens is 352 g/mol. The van der Waals surface area contributed by atoms with Crippen LogP contribution in [0.3, 0.4) is 0 Å². The minimum Gasteiger partial charge on any atom is -0.325 e. The van der Waals surface area contributed by atoms with Crippen molar-refractivity contribution in [2.75, 3.05) is 10.6 Å². The Morgan fingerprint density at radius 3 is 2.18 bits per heavy atom. The molecule has 0 aliphatic carbocycles. The smallest absolute Gasteiger partial charge is 0.255 e. The van der Waals surface area contributed by atoms with Crippen molar-refractivity contribution >= 4 is 23.2 Å². The molecule has 0 saturated heterocycles. The molecule has 0 saturated carbocycles. The van der Waals surface area contributed by atoms with Gasteiger partial charge in [0.1, 0.15) is 6.54 Å². The summed E-state index contributed by atoms with van der Waals surface area (Å²) >= 11 is 0. The van der Waals surface area contributed by atoms with Crippen LogP contribution in [0.1, 0.15) is 22.4 Å². The van der Waals surface area contributed by atoms with E-state index in [1.165, 1.54) is 10.6 Å². The van der Waals surface area contributed by atoms with Crippen LogP contribution in [0.25, 0.3) is 0 Å². The minimum absolute atomic E-state index is 0.132. The Balaban J connectivity index is 1.86. The van der Waals surface area contributed by atoms with Gasteiger partial charge in [-0.3, -0.25) is 14.2 Å². The molecule has 0 bridgehead atoms. The van der Waals surface area contributed by atoms with Gasteiger partial charge in [0.15, 0.2) is 0 Å². The second-order valence-electron chi connectivity index (χ2n) is 7.06. The fraction of sp³-hybridized carbons (Fsp3) is 0.227. The lowest BCUT2D eigenvalue weighted by atomic mass is 10.1. The van der Waals surface area contributed by atoms with Crippen molar-refractivity contribution in [1.29, 1.82) is 0 Å². The van der Waals surface area contributed by atoms with Crippen molar-refractivity contribution in [2.24, 2.45) is 0 Å². The maximum absolute atomic E-state index is 12.5. The first-order valence-corrected chi connectivity index (χ1v) is 9.10. The molecule has 0 fully saturated rings. The van der Waals surface area contributed by atoms with Gasteiger partial charge in [0.2, 0.25) is 11.9 Å². The van der Waals surface area contributed by atoms with Crippen molar-refractivity contribution in [1.82, 2.24) is 9.55 Å². The molecule has 3 aromatic rings. The van der Waals surface area contributed by atoms with E-state index in [-0.39, 0.29) is 18.0 Å². The van der Waals surface area contributed by atoms with Gasteiger partial charge in [0, 0.05) is 23.1 Å². The third-order valence-electron chi connectivity index (χ3n) is 4.25. The second-order valence-corrected chi connectivity index (χ2v) is 7.06. The van der Waals surface area contributed by atoms with E-state index in [1.807, 2.05) is 57.2 Å². The summed E-state index contributed by atoms with van der Waals surface area (Å²) in [6.07, 6.45) is 0. The van der Waals surface area contributed by atoms with Gasteiger partial charge in [-0.2, -0.15) is 0 Å². The van der Waals surface area contributed by atoms with E-state index in [0.717, 1.165) is 22.4 Å². The molecule has 0 unspecified atom stereocenters. The molecule has 3 rings (SSSR count). The molecule has 1 amide bonds. The Morgan fingerprint density at radius 2 is 1.54 bits per heavy atom. The van der Waals surface area contributed by atoms with E-state index in [9.17, 15) is 9.59 Å². The number of nitrogens with zero attached hydrogens (tertiary/aromatic N) is 2. The summed E-state index contributed by atoms with van der Waals surface area (Å²) in [6.45, 7) is 7.61. The third-order valence-corrected chi connectivity index (χ3v) is 4.25. The number of aromatic nitrogens is 2. The molecule has 2 N–H and O–H groups in total. The molecule has 6 heteroatoms. The van der Waals surface area contributed by atoms with Crippen LogP contribution < -0.4 is 16.2 Å². The number of rotatable bonds is 5. The Morgan fingerprint density at radius 1 is 0.893 bits per heavy atom. The Bertz CT molecular complexity index is 1050. The zero-order valence-corrected chi connectivity index (χ0v) is 16.5. The summed E-state index contributed by atoms with van der Waals surface area (Å²) in [5.74, 6) is 0.0501. The number of carbonyl (C=O) groups is 1.